The number of Topliss-reactive ketones (excluding diaryl/α,β-unsaturated/α-hetero) is 1. The molecule has 1 aliphatic heterocycles. The van der Waals surface area contributed by atoms with Gasteiger partial charge in [0, 0.05) is 12.3 Å². The fourth-order valence-electron chi connectivity index (χ4n) is 4.88. The van der Waals surface area contributed by atoms with Crippen molar-refractivity contribution < 1.29 is 19.4 Å². The Hall–Kier alpha value is -3.66. The minimum absolute atomic E-state index is 0.108. The Morgan fingerprint density at radius 1 is 0.906 bits per heavy atom. The molecule has 3 aromatic rings. The van der Waals surface area contributed by atoms with E-state index in [4.69, 9.17) is 4.74 Å². The molecule has 0 aromatic heterocycles. The number of esters is 1. The number of ketones is 1. The quantitative estimate of drug-likeness (QED) is 0.418. The van der Waals surface area contributed by atoms with Gasteiger partial charge in [-0.1, -0.05) is 78.9 Å². The summed E-state index contributed by atoms with van der Waals surface area (Å²) in [6.45, 7) is 1.67. The van der Waals surface area contributed by atoms with Gasteiger partial charge in [0.25, 0.3) is 0 Å². The van der Waals surface area contributed by atoms with Crippen molar-refractivity contribution in [2.45, 2.75) is 37.7 Å². The molecular formula is C28H24O4. The fraction of sp³-hybridized carbons (Fsp3) is 0.214. The molecule has 5 rings (SSSR count). The highest BCUT2D eigenvalue weighted by Gasteiger charge is 2.47. The van der Waals surface area contributed by atoms with Gasteiger partial charge in [-0.2, -0.15) is 0 Å². The van der Waals surface area contributed by atoms with Crippen molar-refractivity contribution in [1.29, 1.82) is 0 Å². The van der Waals surface area contributed by atoms with E-state index in [1.807, 2.05) is 66.7 Å². The maximum absolute atomic E-state index is 13.3. The van der Waals surface area contributed by atoms with Gasteiger partial charge in [0.05, 0.1) is 0 Å². The van der Waals surface area contributed by atoms with Crippen LogP contribution in [-0.2, 0) is 20.7 Å². The Balaban J connectivity index is 1.41. The molecular weight excluding hydrogens is 400 g/mol. The lowest BCUT2D eigenvalue weighted by Crippen LogP contribution is -2.28. The highest BCUT2D eigenvalue weighted by Crippen LogP contribution is 2.47. The fourth-order valence-corrected chi connectivity index (χ4v) is 4.88. The number of rotatable bonds is 6. The van der Waals surface area contributed by atoms with Gasteiger partial charge in [-0.15, -0.1) is 0 Å². The second-order valence-electron chi connectivity index (χ2n) is 8.68. The van der Waals surface area contributed by atoms with E-state index in [-0.39, 0.29) is 29.5 Å². The Bertz CT molecular complexity index is 1200. The molecule has 0 fully saturated rings. The summed E-state index contributed by atoms with van der Waals surface area (Å²) in [5, 5.41) is 10.9. The van der Waals surface area contributed by atoms with Crippen LogP contribution < -0.4 is 0 Å². The van der Waals surface area contributed by atoms with Crippen LogP contribution in [-0.4, -0.2) is 22.5 Å². The van der Waals surface area contributed by atoms with E-state index in [1.54, 1.807) is 6.92 Å². The summed E-state index contributed by atoms with van der Waals surface area (Å²) < 4.78 is 5.54. The van der Waals surface area contributed by atoms with E-state index in [2.05, 4.69) is 12.1 Å². The molecule has 0 saturated carbocycles. The monoisotopic (exact) mass is 424 g/mol. The molecule has 3 aromatic carbocycles. The van der Waals surface area contributed by atoms with Gasteiger partial charge >= 0.3 is 5.97 Å². The molecule has 160 valence electrons. The van der Waals surface area contributed by atoms with E-state index in [1.165, 1.54) is 0 Å². The van der Waals surface area contributed by atoms with Crippen molar-refractivity contribution in [3.8, 4) is 11.1 Å². The predicted octanol–water partition coefficient (Wildman–Crippen LogP) is 5.52. The van der Waals surface area contributed by atoms with Crippen LogP contribution in [0.1, 0.15) is 42.4 Å². The molecule has 0 spiro atoms. The molecule has 0 radical (unpaired) electrons. The average molecular weight is 424 g/mol. The third-order valence-electron chi connectivity index (χ3n) is 6.62. The zero-order chi connectivity index (χ0) is 22.3. The molecule has 1 unspecified atom stereocenters. The second kappa shape index (κ2) is 7.79. The van der Waals surface area contributed by atoms with Gasteiger partial charge in [-0.05, 0) is 47.6 Å². The smallest absolute Gasteiger partial charge is 0.346 e. The number of hydrogen-bond donors (Lipinski definition) is 1. The number of benzene rings is 3. The molecule has 1 heterocycles. The average Bonchev–Trinajstić information content (AvgIpc) is 3.24. The zero-order valence-corrected chi connectivity index (χ0v) is 17.9. The first-order chi connectivity index (χ1) is 15.5. The number of aliphatic hydroxyl groups is 1. The molecule has 1 aliphatic carbocycles. The van der Waals surface area contributed by atoms with Crippen LogP contribution in [0, 0.1) is 0 Å². The largest absolute Gasteiger partial charge is 0.507 e. The normalized spacial score (nSPS) is 19.6. The number of ether oxygens (including phenoxy) is 1. The van der Waals surface area contributed by atoms with E-state index < -0.39 is 11.6 Å². The van der Waals surface area contributed by atoms with Crippen LogP contribution in [0.2, 0.25) is 0 Å². The summed E-state index contributed by atoms with van der Waals surface area (Å²) in [4.78, 5) is 25.9. The maximum Gasteiger partial charge on any atom is 0.346 e. The van der Waals surface area contributed by atoms with Crippen molar-refractivity contribution in [3.63, 3.8) is 0 Å². The summed E-state index contributed by atoms with van der Waals surface area (Å²) >= 11 is 0. The first-order valence-corrected chi connectivity index (χ1v) is 10.9. The van der Waals surface area contributed by atoms with Crippen molar-refractivity contribution in [3.05, 3.63) is 107 Å². The third-order valence-corrected chi connectivity index (χ3v) is 6.62. The third kappa shape index (κ3) is 3.32. The number of aliphatic hydroxyl groups excluding tert-OH is 1. The van der Waals surface area contributed by atoms with Crippen LogP contribution in [0.25, 0.3) is 11.1 Å². The standard InChI is InChI=1S/C28H24O4/c1-28(16-15-18-9-3-2-4-10-18)26(30)25(27(31)32-28)24(29)17-23-21-13-7-5-11-19(21)20-12-6-8-14-22(20)23/h2-14,23,30H,15-17H2,1H3. The highest BCUT2D eigenvalue weighted by molar-refractivity contribution is 6.19. The van der Waals surface area contributed by atoms with Crippen molar-refractivity contribution in [1.82, 2.24) is 0 Å². The van der Waals surface area contributed by atoms with Crippen LogP contribution in [0.5, 0.6) is 0 Å². The predicted molar refractivity (Wildman–Crippen MR) is 122 cm³/mol. The maximum atomic E-state index is 13.3. The Morgan fingerprint density at radius 2 is 1.47 bits per heavy atom. The zero-order valence-electron chi connectivity index (χ0n) is 17.9. The Labute approximate surface area is 187 Å². The summed E-state index contributed by atoms with van der Waals surface area (Å²) in [5.74, 6) is -1.52. The van der Waals surface area contributed by atoms with Crippen LogP contribution >= 0.6 is 0 Å². The molecule has 4 heteroatoms. The Kier molecular flexibility index (Phi) is 4.93. The van der Waals surface area contributed by atoms with Crippen LogP contribution in [0.15, 0.2) is 90.2 Å². The topological polar surface area (TPSA) is 63.6 Å². The SMILES string of the molecule is CC1(CCc2ccccc2)OC(=O)C(C(=O)CC2c3ccccc3-c3ccccc32)=C1O. The van der Waals surface area contributed by atoms with Crippen LogP contribution in [0.4, 0.5) is 0 Å². The van der Waals surface area contributed by atoms with Crippen molar-refractivity contribution in [2.75, 3.05) is 0 Å². The number of cyclic esters (lactones) is 1. The molecule has 4 nitrogen and oxygen atoms in total. The molecule has 0 saturated heterocycles. The van der Waals surface area contributed by atoms with Gasteiger partial charge in [0.15, 0.2) is 17.1 Å². The van der Waals surface area contributed by atoms with Gasteiger partial charge in [0.2, 0.25) is 0 Å². The molecule has 2 aliphatic rings. The van der Waals surface area contributed by atoms with E-state index in [0.29, 0.717) is 12.8 Å². The number of carbonyl (C=O) groups excluding carboxylic acids is 2. The molecule has 1 atom stereocenters. The Morgan fingerprint density at radius 3 is 2.09 bits per heavy atom. The molecule has 32 heavy (non-hydrogen) atoms. The van der Waals surface area contributed by atoms with Crippen molar-refractivity contribution >= 4 is 11.8 Å². The lowest BCUT2D eigenvalue weighted by atomic mass is 9.88. The lowest BCUT2D eigenvalue weighted by molar-refractivity contribution is -0.147. The van der Waals surface area contributed by atoms with Gasteiger partial charge < -0.3 is 9.84 Å². The van der Waals surface area contributed by atoms with E-state index >= 15 is 0 Å². The minimum atomic E-state index is -1.19. The second-order valence-corrected chi connectivity index (χ2v) is 8.68. The number of hydrogen-bond acceptors (Lipinski definition) is 4. The minimum Gasteiger partial charge on any atom is -0.507 e. The first-order valence-electron chi connectivity index (χ1n) is 10.9. The van der Waals surface area contributed by atoms with Gasteiger partial charge in [-0.25, -0.2) is 4.79 Å². The van der Waals surface area contributed by atoms with Crippen molar-refractivity contribution in [2.24, 2.45) is 0 Å². The van der Waals surface area contributed by atoms with Gasteiger partial charge in [-0.3, -0.25) is 4.79 Å². The summed E-state index contributed by atoms with van der Waals surface area (Å²) in [7, 11) is 0. The number of aryl methyl sites for hydroxylation is 1. The molecule has 1 N–H and O–H groups in total. The summed E-state index contributed by atoms with van der Waals surface area (Å²) in [5.41, 5.74) is 4.05. The number of fused-ring (bicyclic) bond motifs is 3. The summed E-state index contributed by atoms with van der Waals surface area (Å²) in [6, 6.07) is 25.9. The number of carbonyl (C=O) groups is 2. The molecule has 0 bridgehead atoms. The van der Waals surface area contributed by atoms with E-state index in [9.17, 15) is 14.7 Å². The van der Waals surface area contributed by atoms with Gasteiger partial charge in [0.1, 0.15) is 5.57 Å². The first kappa shape index (κ1) is 20.3. The highest BCUT2D eigenvalue weighted by atomic mass is 16.6. The lowest BCUT2D eigenvalue weighted by Gasteiger charge is -2.23. The molecule has 0 amide bonds. The van der Waals surface area contributed by atoms with E-state index in [0.717, 1.165) is 27.8 Å². The van der Waals surface area contributed by atoms with Crippen LogP contribution in [0.3, 0.4) is 0 Å². The summed E-state index contributed by atoms with van der Waals surface area (Å²) in [6.07, 6.45) is 1.14.